The average Bonchev–Trinajstić information content (AvgIpc) is 3.24. The number of hydrogen-bond acceptors (Lipinski definition) is 5. The summed E-state index contributed by atoms with van der Waals surface area (Å²) in [5.41, 5.74) is 2.20. The Hall–Kier alpha value is -2.65. The third-order valence-electron chi connectivity index (χ3n) is 7.61. The van der Waals surface area contributed by atoms with Crippen molar-refractivity contribution in [2.75, 3.05) is 31.6 Å². The van der Waals surface area contributed by atoms with Crippen molar-refractivity contribution in [1.82, 2.24) is 19.9 Å². The molecular weight excluding hydrogens is 431 g/mol. The van der Waals surface area contributed by atoms with Crippen molar-refractivity contribution >= 4 is 16.9 Å². The molecular formula is C24H26F3N5O. The number of likely N-dealkylation sites (tertiary alicyclic amines) is 1. The van der Waals surface area contributed by atoms with Gasteiger partial charge in [-0.05, 0) is 42.9 Å². The van der Waals surface area contributed by atoms with Gasteiger partial charge in [0.1, 0.15) is 23.5 Å². The molecule has 6 rings (SSSR count). The maximum absolute atomic E-state index is 13.3. The summed E-state index contributed by atoms with van der Waals surface area (Å²) in [6, 6.07) is 9.63. The number of fused-ring (bicyclic) bond motifs is 2. The Labute approximate surface area is 189 Å². The van der Waals surface area contributed by atoms with Gasteiger partial charge < -0.3 is 15.0 Å². The topological polar surface area (TPSA) is 66.1 Å². The molecule has 3 aromatic rings. The monoisotopic (exact) mass is 457 g/mol. The van der Waals surface area contributed by atoms with Crippen LogP contribution in [0.2, 0.25) is 0 Å². The fraction of sp³-hybridized carbons (Fsp3) is 0.500. The van der Waals surface area contributed by atoms with Crippen LogP contribution in [0.25, 0.3) is 11.0 Å². The number of halogens is 3. The van der Waals surface area contributed by atoms with Crippen LogP contribution in [0.1, 0.15) is 42.1 Å². The largest absolute Gasteiger partial charge is 0.431 e. The number of benzene rings is 1. The van der Waals surface area contributed by atoms with E-state index in [1.165, 1.54) is 17.5 Å². The first-order chi connectivity index (χ1) is 15.9. The molecule has 6 nitrogen and oxygen atoms in total. The number of aryl methyl sites for hydroxylation is 1. The number of aromatic nitrogens is 3. The zero-order chi connectivity index (χ0) is 22.6. The highest BCUT2D eigenvalue weighted by Gasteiger charge is 2.48. The predicted molar refractivity (Wildman–Crippen MR) is 118 cm³/mol. The van der Waals surface area contributed by atoms with E-state index >= 15 is 0 Å². The normalized spacial score (nSPS) is 25.1. The molecule has 2 saturated heterocycles. The molecule has 2 aromatic heterocycles. The van der Waals surface area contributed by atoms with E-state index in [1.807, 2.05) is 12.1 Å². The van der Waals surface area contributed by atoms with E-state index in [1.54, 1.807) is 0 Å². The van der Waals surface area contributed by atoms with Crippen molar-refractivity contribution in [2.45, 2.75) is 43.9 Å². The van der Waals surface area contributed by atoms with E-state index in [4.69, 9.17) is 4.74 Å². The van der Waals surface area contributed by atoms with Crippen LogP contribution in [0.15, 0.2) is 36.7 Å². The molecule has 0 amide bonds. The summed E-state index contributed by atoms with van der Waals surface area (Å²) in [7, 11) is 0. The van der Waals surface area contributed by atoms with Crippen LogP contribution in [-0.2, 0) is 17.3 Å². The molecule has 1 aliphatic carbocycles. The smallest absolute Gasteiger partial charge is 0.381 e. The first kappa shape index (κ1) is 20.9. The molecule has 174 valence electrons. The summed E-state index contributed by atoms with van der Waals surface area (Å²) < 4.78 is 45.4. The predicted octanol–water partition coefficient (Wildman–Crippen LogP) is 4.56. The zero-order valence-electron chi connectivity index (χ0n) is 18.2. The quantitative estimate of drug-likeness (QED) is 0.604. The maximum atomic E-state index is 13.3. The maximum Gasteiger partial charge on any atom is 0.431 e. The van der Waals surface area contributed by atoms with Gasteiger partial charge in [-0.15, -0.1) is 0 Å². The number of alkyl halides is 3. The molecule has 33 heavy (non-hydrogen) atoms. The minimum atomic E-state index is -4.46. The SMILES string of the molecule is FC(F)(F)c1cc2c(N[C@H]3c4ccccc4CC[C@@H]3N3CC4(CCOCC4)C3)ncnc2[nH]1. The van der Waals surface area contributed by atoms with Gasteiger partial charge in [0.25, 0.3) is 0 Å². The molecule has 4 heterocycles. The van der Waals surface area contributed by atoms with Crippen molar-refractivity contribution < 1.29 is 17.9 Å². The van der Waals surface area contributed by atoms with Crippen molar-refractivity contribution in [3.05, 3.63) is 53.5 Å². The fourth-order valence-corrected chi connectivity index (χ4v) is 5.84. The minimum absolute atomic E-state index is 0.0607. The lowest BCUT2D eigenvalue weighted by Crippen LogP contribution is -2.63. The molecule has 0 radical (unpaired) electrons. The summed E-state index contributed by atoms with van der Waals surface area (Å²) >= 11 is 0. The van der Waals surface area contributed by atoms with Crippen LogP contribution in [0.3, 0.4) is 0 Å². The van der Waals surface area contributed by atoms with E-state index in [2.05, 4.69) is 37.3 Å². The summed E-state index contributed by atoms with van der Waals surface area (Å²) in [6.07, 6.45) is 1.03. The third kappa shape index (κ3) is 3.67. The molecule has 0 saturated carbocycles. The number of aromatic amines is 1. The standard InChI is InChI=1S/C24H26F3N5O/c25-24(26,27)19-11-17-21(30-19)28-14-29-22(17)31-20-16-4-2-1-3-15(16)5-6-18(20)32-12-23(13-32)7-9-33-10-8-23/h1-4,11,14,18,20H,5-10,12-13H2,(H2,28,29,30,31)/t18-,20-/m0/s1. The molecule has 2 aliphatic heterocycles. The van der Waals surface area contributed by atoms with Crippen molar-refractivity contribution in [2.24, 2.45) is 5.41 Å². The van der Waals surface area contributed by atoms with E-state index in [0.717, 1.165) is 58.1 Å². The van der Waals surface area contributed by atoms with Crippen LogP contribution < -0.4 is 5.32 Å². The number of hydrogen-bond donors (Lipinski definition) is 2. The second kappa shape index (κ2) is 7.70. The Bertz CT molecular complexity index is 1160. The highest BCUT2D eigenvalue weighted by atomic mass is 19.4. The minimum Gasteiger partial charge on any atom is -0.381 e. The molecule has 1 aromatic carbocycles. The van der Waals surface area contributed by atoms with Crippen molar-refractivity contribution in [3.63, 3.8) is 0 Å². The lowest BCUT2D eigenvalue weighted by Gasteiger charge is -2.57. The van der Waals surface area contributed by atoms with Crippen LogP contribution in [0, 0.1) is 5.41 Å². The van der Waals surface area contributed by atoms with Crippen LogP contribution in [0.4, 0.5) is 19.0 Å². The van der Waals surface area contributed by atoms with Gasteiger partial charge >= 0.3 is 6.18 Å². The van der Waals surface area contributed by atoms with E-state index in [0.29, 0.717) is 16.6 Å². The second-order valence-corrected chi connectivity index (χ2v) is 9.61. The summed E-state index contributed by atoms with van der Waals surface area (Å²) in [4.78, 5) is 13.3. The molecule has 2 atom stereocenters. The average molecular weight is 458 g/mol. The Morgan fingerprint density at radius 3 is 2.70 bits per heavy atom. The summed E-state index contributed by atoms with van der Waals surface area (Å²) in [5.74, 6) is 0.430. The highest BCUT2D eigenvalue weighted by Crippen LogP contribution is 2.46. The fourth-order valence-electron chi connectivity index (χ4n) is 5.84. The Kier molecular flexibility index (Phi) is 4.88. The Morgan fingerprint density at radius 1 is 1.12 bits per heavy atom. The zero-order valence-corrected chi connectivity index (χ0v) is 18.2. The lowest BCUT2D eigenvalue weighted by atomic mass is 9.71. The molecule has 2 fully saturated rings. The van der Waals surface area contributed by atoms with E-state index in [-0.39, 0.29) is 17.7 Å². The van der Waals surface area contributed by atoms with Gasteiger partial charge in [-0.3, -0.25) is 4.90 Å². The van der Waals surface area contributed by atoms with E-state index in [9.17, 15) is 13.2 Å². The number of rotatable bonds is 3. The number of nitrogens with one attached hydrogen (secondary N) is 2. The van der Waals surface area contributed by atoms with Crippen molar-refractivity contribution in [3.8, 4) is 0 Å². The van der Waals surface area contributed by atoms with Crippen LogP contribution >= 0.6 is 0 Å². The van der Waals surface area contributed by atoms with Crippen LogP contribution in [0.5, 0.6) is 0 Å². The van der Waals surface area contributed by atoms with Gasteiger partial charge in [0.15, 0.2) is 0 Å². The third-order valence-corrected chi connectivity index (χ3v) is 7.61. The lowest BCUT2D eigenvalue weighted by molar-refractivity contribution is -0.140. The number of ether oxygens (including phenoxy) is 1. The van der Waals surface area contributed by atoms with Crippen molar-refractivity contribution in [1.29, 1.82) is 0 Å². The first-order valence-corrected chi connectivity index (χ1v) is 11.5. The van der Waals surface area contributed by atoms with Gasteiger partial charge in [-0.2, -0.15) is 13.2 Å². The molecule has 0 unspecified atom stereocenters. The molecule has 1 spiro atoms. The number of H-pyrrole nitrogens is 1. The van der Waals surface area contributed by atoms with Gasteiger partial charge in [-0.25, -0.2) is 9.97 Å². The van der Waals surface area contributed by atoms with Crippen LogP contribution in [-0.4, -0.2) is 52.2 Å². The summed E-state index contributed by atoms with van der Waals surface area (Å²) in [6.45, 7) is 3.75. The Morgan fingerprint density at radius 2 is 1.91 bits per heavy atom. The van der Waals surface area contributed by atoms with Gasteiger partial charge in [0, 0.05) is 37.8 Å². The first-order valence-electron chi connectivity index (χ1n) is 11.5. The van der Waals surface area contributed by atoms with Gasteiger partial charge in [0.2, 0.25) is 0 Å². The van der Waals surface area contributed by atoms with Gasteiger partial charge in [-0.1, -0.05) is 24.3 Å². The summed E-state index contributed by atoms with van der Waals surface area (Å²) in [5, 5.41) is 3.89. The molecule has 9 heteroatoms. The second-order valence-electron chi connectivity index (χ2n) is 9.61. The molecule has 2 N–H and O–H groups in total. The van der Waals surface area contributed by atoms with Gasteiger partial charge in [0.05, 0.1) is 11.4 Å². The van der Waals surface area contributed by atoms with E-state index < -0.39 is 11.9 Å². The molecule has 3 aliphatic rings. The molecule has 0 bridgehead atoms. The Balaban J connectivity index is 1.33. The highest BCUT2D eigenvalue weighted by molar-refractivity contribution is 5.88. The number of nitrogens with zero attached hydrogens (tertiary/aromatic N) is 3. The number of anilines is 1.